The first-order valence-electron chi connectivity index (χ1n) is 0.354. The molecule has 0 aromatic rings. The number of rotatable bonds is 0. The standard InChI is InChI=1S/BH2.Ca.Fe.Mg.Zn.4H/h1H2;;;;;;;;/q+1;;-1;;;;;;. The van der Waals surface area contributed by atoms with Crippen LogP contribution >= 0.6 is 0 Å². The Morgan fingerprint density at radius 3 is 1.20 bits per heavy atom. The van der Waals surface area contributed by atoms with Crippen molar-refractivity contribution in [3.05, 3.63) is 0 Å². The molecule has 0 heterocycles. The summed E-state index contributed by atoms with van der Waals surface area (Å²) >= 11 is 3.25. The zero-order chi connectivity index (χ0) is 2.00. The first-order valence-corrected chi connectivity index (χ1v) is 1.46. The van der Waals surface area contributed by atoms with Crippen LogP contribution in [-0.4, -0.2) is 67.4 Å². The maximum Gasteiger partial charge on any atom is 0.316 e. The normalized spacial score (nSPS) is 1.00. The molecule has 0 aliphatic heterocycles. The Balaban J connectivity index is -0.00000000167. The smallest absolute Gasteiger partial charge is 0 e. The third kappa shape index (κ3) is 18.9. The van der Waals surface area contributed by atoms with Crippen molar-refractivity contribution in [2.75, 3.05) is 0 Å². The number of hydrogen-bond donors (Lipinski definition) is 0. The molecule has 0 aromatic heterocycles. The molecule has 0 atom stereocenters. The van der Waals surface area contributed by atoms with Gasteiger partial charge in [0, 0.05) is 19.5 Å². The van der Waals surface area contributed by atoms with E-state index >= 15 is 0 Å². The van der Waals surface area contributed by atoms with E-state index in [9.17, 15) is 0 Å². The van der Waals surface area contributed by atoms with Crippen molar-refractivity contribution >= 4 is 67.4 Å². The van der Waals surface area contributed by atoms with Gasteiger partial charge in [0.15, 0.2) is 0 Å². The van der Waals surface area contributed by atoms with Crippen molar-refractivity contribution in [2.45, 2.75) is 0 Å². The molecular weight excluding hydrogens is 196 g/mol. The zero-order valence-electron chi connectivity index (χ0n) is 2.06. The van der Waals surface area contributed by atoms with Crippen LogP contribution in [0.3, 0.4) is 0 Å². The van der Waals surface area contributed by atoms with Crippen molar-refractivity contribution in [3.8, 4) is 0 Å². The topological polar surface area (TPSA) is 0 Å². The fraction of sp³-hybridized carbons (Fsp3) is 0. The van der Waals surface area contributed by atoms with E-state index in [0.29, 0.717) is 0 Å². The fourth-order valence-corrected chi connectivity index (χ4v) is 0. The second-order valence-corrected chi connectivity index (χ2v) is 0. The van der Waals surface area contributed by atoms with Gasteiger partial charge in [-0.15, -0.1) is 0 Å². The second kappa shape index (κ2) is 26.9. The Labute approximate surface area is 101 Å². The van der Waals surface area contributed by atoms with Crippen LogP contribution in [0.15, 0.2) is 0 Å². The van der Waals surface area contributed by atoms with Crippen LogP contribution < -0.4 is 0 Å². The molecule has 0 saturated carbocycles. The van der Waals surface area contributed by atoms with Crippen LogP contribution in [0.1, 0.15) is 0 Å². The molecule has 0 rings (SSSR count). The molecule has 0 saturated heterocycles. The largest absolute Gasteiger partial charge is 0.316 e. The molecule has 0 amide bonds. The van der Waals surface area contributed by atoms with Gasteiger partial charge in [-0.3, -0.25) is 0 Å². The minimum atomic E-state index is 0. The minimum absolute atomic E-state index is 0. The SMILES string of the molecule is [BH2][Fe].[CaH2].[MgH2].[Zn]. The Hall–Kier alpha value is 3.23. The van der Waals surface area contributed by atoms with Crippen molar-refractivity contribution < 1.29 is 35.3 Å². The maximum atomic E-state index is 3.25. The third-order valence-corrected chi connectivity index (χ3v) is 0. The molecule has 0 fully saturated rings. The van der Waals surface area contributed by atoms with E-state index in [1.54, 1.807) is 6.66 Å². The van der Waals surface area contributed by atoms with E-state index in [1.807, 2.05) is 0 Å². The quantitative estimate of drug-likeness (QED) is 0.374. The summed E-state index contributed by atoms with van der Waals surface area (Å²) in [5.74, 6) is 0. The summed E-state index contributed by atoms with van der Waals surface area (Å²) in [6.45, 7) is 1.75. The van der Waals surface area contributed by atoms with Gasteiger partial charge < -0.3 is 0 Å². The molecule has 0 bridgehead atoms. The molecule has 0 aromatic carbocycles. The third-order valence-electron chi connectivity index (χ3n) is 0. The number of hydrogen-bond acceptors (Lipinski definition) is 0. The predicted molar refractivity (Wildman–Crippen MR) is 25.6 cm³/mol. The molecule has 0 radical (unpaired) electrons. The summed E-state index contributed by atoms with van der Waals surface area (Å²) in [5, 5.41) is 0. The van der Waals surface area contributed by atoms with E-state index in [4.69, 9.17) is 0 Å². The fourth-order valence-electron chi connectivity index (χ4n) is 0. The molecule has 5 heteroatoms. The zero-order valence-corrected chi connectivity index (χ0v) is 6.13. The van der Waals surface area contributed by atoms with Gasteiger partial charge in [0.2, 0.25) is 0 Å². The molecule has 23 valence electrons. The molecule has 0 N–H and O–H groups in total. The molecule has 0 aliphatic carbocycles. The maximum absolute atomic E-state index is 3.25. The Kier molecular flexibility index (Phi) is 129. The Bertz CT molecular complexity index is 11.6. The minimum Gasteiger partial charge on any atom is 0 e. The van der Waals surface area contributed by atoms with Crippen LogP contribution in [-0.2, 0) is 35.3 Å². The van der Waals surface area contributed by atoms with Crippen LogP contribution in [0.5, 0.6) is 0 Å². The van der Waals surface area contributed by atoms with Gasteiger partial charge in [-0.2, -0.15) is 0 Å². The van der Waals surface area contributed by atoms with Gasteiger partial charge in [-0.05, 0) is 0 Å². The molecule has 0 spiro atoms. The van der Waals surface area contributed by atoms with E-state index in [0.717, 1.165) is 0 Å². The van der Waals surface area contributed by atoms with E-state index in [2.05, 4.69) is 15.8 Å². The second-order valence-electron chi connectivity index (χ2n) is 0. The first-order chi connectivity index (χ1) is 1.00. The summed E-state index contributed by atoms with van der Waals surface area (Å²) in [4.78, 5) is 0. The average molecular weight is 202 g/mol. The van der Waals surface area contributed by atoms with E-state index in [1.165, 1.54) is 0 Å². The monoisotopic (exact) mass is 201 g/mol. The van der Waals surface area contributed by atoms with Crippen molar-refractivity contribution in [1.82, 2.24) is 0 Å². The van der Waals surface area contributed by atoms with Gasteiger partial charge in [-0.25, -0.2) is 0 Å². The van der Waals surface area contributed by atoms with Gasteiger partial charge in [-0.1, -0.05) is 0 Å². The summed E-state index contributed by atoms with van der Waals surface area (Å²) in [6.07, 6.45) is 0. The molecule has 0 nitrogen and oxygen atoms in total. The van der Waals surface area contributed by atoms with Gasteiger partial charge in [0.1, 0.15) is 0 Å². The Morgan fingerprint density at radius 1 is 1.20 bits per heavy atom. The van der Waals surface area contributed by atoms with E-state index < -0.39 is 0 Å². The van der Waals surface area contributed by atoms with Crippen LogP contribution in [0, 0.1) is 0 Å². The summed E-state index contributed by atoms with van der Waals surface area (Å²) < 4.78 is 0. The van der Waals surface area contributed by atoms with Gasteiger partial charge in [0.05, 0.1) is 0 Å². The summed E-state index contributed by atoms with van der Waals surface area (Å²) in [6, 6.07) is 0. The van der Waals surface area contributed by atoms with E-state index in [-0.39, 0.29) is 80.3 Å². The van der Waals surface area contributed by atoms with Crippen LogP contribution in [0.4, 0.5) is 0 Å². The van der Waals surface area contributed by atoms with Crippen molar-refractivity contribution in [1.29, 1.82) is 0 Å². The van der Waals surface area contributed by atoms with Crippen LogP contribution in [0.2, 0.25) is 0 Å². The predicted octanol–water partition coefficient (Wildman–Crippen LogP) is -2.75. The summed E-state index contributed by atoms with van der Waals surface area (Å²) in [7, 11) is 0. The van der Waals surface area contributed by atoms with Crippen LogP contribution in [0.25, 0.3) is 0 Å². The van der Waals surface area contributed by atoms with Gasteiger partial charge in [0.25, 0.3) is 0 Å². The van der Waals surface area contributed by atoms with Crippen molar-refractivity contribution in [3.63, 3.8) is 0 Å². The average Bonchev–Trinajstić information content (AvgIpc) is 1.00. The molecular formula is H6BCaFeMgZn. The first kappa shape index (κ1) is 24.0. The van der Waals surface area contributed by atoms with Gasteiger partial charge >= 0.3 is 83.3 Å². The molecule has 0 unspecified atom stereocenters. The van der Waals surface area contributed by atoms with Crippen molar-refractivity contribution in [2.24, 2.45) is 0 Å². The summed E-state index contributed by atoms with van der Waals surface area (Å²) in [5.41, 5.74) is 0. The molecule has 5 heavy (non-hydrogen) atoms. The molecule has 0 aliphatic rings. The Morgan fingerprint density at radius 2 is 1.20 bits per heavy atom.